The number of rotatable bonds is 7. The van der Waals surface area contributed by atoms with Gasteiger partial charge in [-0.15, -0.1) is 13.2 Å². The second-order valence-electron chi connectivity index (χ2n) is 10.3. The van der Waals surface area contributed by atoms with Crippen LogP contribution >= 0.6 is 0 Å². The molecule has 12 heteroatoms. The highest BCUT2D eigenvalue weighted by Gasteiger charge is 2.68. The Morgan fingerprint density at radius 3 is 2.35 bits per heavy atom. The summed E-state index contributed by atoms with van der Waals surface area (Å²) in [5.74, 6) is -3.09. The van der Waals surface area contributed by atoms with Gasteiger partial charge in [-0.2, -0.15) is 0 Å². The van der Waals surface area contributed by atoms with Crippen molar-refractivity contribution in [2.45, 2.75) is 107 Å². The third kappa shape index (κ3) is 5.48. The molecule has 0 aromatic heterocycles. The lowest BCUT2D eigenvalue weighted by atomic mass is 9.73. The second kappa shape index (κ2) is 10.6. The zero-order valence-electron chi connectivity index (χ0n) is 21.0. The number of fused-ring (bicyclic) bond motifs is 2. The molecule has 3 fully saturated rings. The molecule has 210 valence electrons. The van der Waals surface area contributed by atoms with Crippen molar-refractivity contribution in [1.29, 1.82) is 0 Å². The molecular formula is C25H36F3NO8. The summed E-state index contributed by atoms with van der Waals surface area (Å²) in [5, 5.41) is 48.1. The van der Waals surface area contributed by atoms with Gasteiger partial charge in [-0.1, -0.05) is 19.1 Å². The largest absolute Gasteiger partial charge is 0.573 e. The quantitative estimate of drug-likeness (QED) is 0.354. The summed E-state index contributed by atoms with van der Waals surface area (Å²) in [6, 6.07) is 4.77. The van der Waals surface area contributed by atoms with E-state index in [0.29, 0.717) is 19.3 Å². The van der Waals surface area contributed by atoms with E-state index < -0.39 is 66.5 Å². The minimum Gasteiger partial charge on any atom is -0.406 e. The molecule has 0 bridgehead atoms. The van der Waals surface area contributed by atoms with Crippen molar-refractivity contribution in [3.05, 3.63) is 29.8 Å². The molecule has 1 aromatic rings. The predicted octanol–water partition coefficient (Wildman–Crippen LogP) is 1.60. The van der Waals surface area contributed by atoms with Crippen LogP contribution in [-0.2, 0) is 20.6 Å². The summed E-state index contributed by atoms with van der Waals surface area (Å²) in [6.07, 6.45) is -9.18. The maximum Gasteiger partial charge on any atom is 0.573 e. The number of ether oxygens (including phenoxy) is 4. The van der Waals surface area contributed by atoms with Crippen molar-refractivity contribution >= 4 is 0 Å². The fourth-order valence-electron chi connectivity index (χ4n) is 5.98. The van der Waals surface area contributed by atoms with Gasteiger partial charge < -0.3 is 44.7 Å². The first-order chi connectivity index (χ1) is 17.3. The number of aliphatic hydroxyl groups excluding tert-OH is 2. The first-order valence-corrected chi connectivity index (χ1v) is 12.6. The molecule has 5 N–H and O–H groups in total. The smallest absolute Gasteiger partial charge is 0.406 e. The van der Waals surface area contributed by atoms with Gasteiger partial charge >= 0.3 is 6.36 Å². The summed E-state index contributed by atoms with van der Waals surface area (Å²) in [7, 11) is 1.63. The van der Waals surface area contributed by atoms with Crippen LogP contribution in [0.1, 0.15) is 45.1 Å². The van der Waals surface area contributed by atoms with Gasteiger partial charge in [0.2, 0.25) is 12.1 Å². The average Bonchev–Trinajstić information content (AvgIpc) is 2.80. The van der Waals surface area contributed by atoms with E-state index in [1.165, 1.54) is 24.3 Å². The summed E-state index contributed by atoms with van der Waals surface area (Å²) in [5.41, 5.74) is -1.07. The van der Waals surface area contributed by atoms with Gasteiger partial charge in [0.05, 0.1) is 24.4 Å². The molecule has 10 atom stereocenters. The van der Waals surface area contributed by atoms with Gasteiger partial charge in [-0.3, -0.25) is 0 Å². The van der Waals surface area contributed by atoms with Gasteiger partial charge in [0.1, 0.15) is 23.6 Å². The average molecular weight is 536 g/mol. The fraction of sp³-hybridized carbons (Fsp3) is 0.760. The van der Waals surface area contributed by atoms with Gasteiger partial charge in [0, 0.05) is 12.3 Å². The number of alkyl halides is 3. The topological polar surface area (TPSA) is 130 Å². The molecule has 0 amide bonds. The summed E-state index contributed by atoms with van der Waals surface area (Å²) in [6.45, 7) is 3.57. The number of aliphatic hydroxyl groups is 4. The van der Waals surface area contributed by atoms with Crippen LogP contribution in [0, 0.1) is 5.92 Å². The van der Waals surface area contributed by atoms with Crippen LogP contribution in [0.3, 0.4) is 0 Å². The van der Waals surface area contributed by atoms with E-state index in [2.05, 4.69) is 10.1 Å². The van der Waals surface area contributed by atoms with E-state index in [9.17, 15) is 33.6 Å². The Hall–Kier alpha value is -1.51. The van der Waals surface area contributed by atoms with Crippen LogP contribution in [0.4, 0.5) is 13.2 Å². The molecule has 3 aliphatic rings. The molecule has 2 heterocycles. The van der Waals surface area contributed by atoms with E-state index in [4.69, 9.17) is 14.2 Å². The molecule has 1 aliphatic carbocycles. The molecule has 1 saturated carbocycles. The molecule has 2 saturated heterocycles. The maximum absolute atomic E-state index is 12.4. The highest BCUT2D eigenvalue weighted by molar-refractivity contribution is 5.27. The van der Waals surface area contributed by atoms with E-state index in [0.717, 1.165) is 5.56 Å². The van der Waals surface area contributed by atoms with Crippen molar-refractivity contribution in [1.82, 2.24) is 5.32 Å². The zero-order valence-corrected chi connectivity index (χ0v) is 21.0. The lowest BCUT2D eigenvalue weighted by Crippen LogP contribution is -2.78. The molecule has 2 aliphatic heterocycles. The molecule has 0 unspecified atom stereocenters. The summed E-state index contributed by atoms with van der Waals surface area (Å²) < 4.78 is 59.0. The number of likely N-dealkylation sites (N-methyl/N-ethyl adjacent to an activating group) is 1. The van der Waals surface area contributed by atoms with Gasteiger partial charge in [0.15, 0.2) is 0 Å². The second-order valence-corrected chi connectivity index (χ2v) is 10.3. The van der Waals surface area contributed by atoms with Gasteiger partial charge in [-0.05, 0) is 57.4 Å². The Balaban J connectivity index is 1.49. The molecule has 0 radical (unpaired) electrons. The summed E-state index contributed by atoms with van der Waals surface area (Å²) >= 11 is 0. The third-order valence-electron chi connectivity index (χ3n) is 7.84. The Morgan fingerprint density at radius 1 is 1.08 bits per heavy atom. The van der Waals surface area contributed by atoms with Crippen molar-refractivity contribution in [3.8, 4) is 5.75 Å². The van der Waals surface area contributed by atoms with E-state index >= 15 is 0 Å². The van der Waals surface area contributed by atoms with Gasteiger partial charge in [0.25, 0.3) is 0 Å². The third-order valence-corrected chi connectivity index (χ3v) is 7.84. The zero-order chi connectivity index (χ0) is 27.2. The normalized spacial score (nSPS) is 42.1. The van der Waals surface area contributed by atoms with Crippen molar-refractivity contribution in [2.75, 3.05) is 7.05 Å². The monoisotopic (exact) mass is 535 g/mol. The predicted molar refractivity (Wildman–Crippen MR) is 123 cm³/mol. The van der Waals surface area contributed by atoms with Crippen molar-refractivity contribution in [3.63, 3.8) is 0 Å². The van der Waals surface area contributed by atoms with Crippen LogP contribution in [0.5, 0.6) is 5.75 Å². The Bertz CT molecular complexity index is 920. The van der Waals surface area contributed by atoms with Crippen LogP contribution in [0.25, 0.3) is 0 Å². The van der Waals surface area contributed by atoms with Crippen LogP contribution in [-0.4, -0.2) is 88.1 Å². The highest BCUT2D eigenvalue weighted by Crippen LogP contribution is 2.49. The van der Waals surface area contributed by atoms with Crippen molar-refractivity contribution < 1.29 is 52.5 Å². The van der Waals surface area contributed by atoms with E-state index in [1.807, 2.05) is 6.92 Å². The minimum absolute atomic E-state index is 0.0337. The molecular weight excluding hydrogens is 499 g/mol. The molecule has 37 heavy (non-hydrogen) atoms. The van der Waals surface area contributed by atoms with Crippen LogP contribution in [0.2, 0.25) is 0 Å². The number of nitrogens with one attached hydrogen (secondary N) is 1. The standard InChI is InChI=1S/C25H36F3NO8/c1-4-16-18(30)17(29-3)20-21(19(16)31)35-22-24(33,37-20)23(32,12-13(2)34-22)11-5-6-14-7-9-15(10-8-14)36-25(26,27)28/h7-10,13,16-22,29-33H,4-6,11-12H2,1-3H3/t13-,16-,17+,18+,19+,20-,21-,22+,23+,24-/m1/s1. The van der Waals surface area contributed by atoms with Gasteiger partial charge in [-0.25, -0.2) is 0 Å². The minimum atomic E-state index is -4.77. The number of benzene rings is 1. The number of aryl methyl sites for hydroxylation is 1. The Labute approximate surface area is 213 Å². The van der Waals surface area contributed by atoms with Crippen LogP contribution in [0.15, 0.2) is 24.3 Å². The lowest BCUT2D eigenvalue weighted by Gasteiger charge is -2.60. The first-order valence-electron chi connectivity index (χ1n) is 12.6. The number of halogens is 3. The Morgan fingerprint density at radius 2 is 1.76 bits per heavy atom. The number of hydrogen-bond donors (Lipinski definition) is 5. The van der Waals surface area contributed by atoms with Crippen molar-refractivity contribution in [2.24, 2.45) is 5.92 Å². The molecule has 1 aromatic carbocycles. The Kier molecular flexibility index (Phi) is 8.14. The molecule has 4 rings (SSSR count). The first kappa shape index (κ1) is 28.5. The summed E-state index contributed by atoms with van der Waals surface area (Å²) in [4.78, 5) is 0. The molecule has 0 spiro atoms. The van der Waals surface area contributed by atoms with E-state index in [1.54, 1.807) is 14.0 Å². The highest BCUT2D eigenvalue weighted by atomic mass is 19.4. The van der Waals surface area contributed by atoms with Crippen LogP contribution < -0.4 is 10.1 Å². The maximum atomic E-state index is 12.4. The molecule has 9 nitrogen and oxygen atoms in total. The number of hydrogen-bond acceptors (Lipinski definition) is 9. The fourth-order valence-corrected chi connectivity index (χ4v) is 5.98. The SMILES string of the molecule is CC[C@@H]1[C@H](O)[C@H](NC)[C@H]2O[C@]3(O)[C@H](O[C@@H]2[C@H]1O)O[C@H](C)C[C@@]3(O)CCCc1ccc(OC(F)(F)F)cc1. The van der Waals surface area contributed by atoms with E-state index in [-0.39, 0.29) is 18.6 Å². The lowest BCUT2D eigenvalue weighted by molar-refractivity contribution is -0.485.